The van der Waals surface area contributed by atoms with Gasteiger partial charge in [-0.1, -0.05) is 16.8 Å². The Morgan fingerprint density at radius 2 is 2.11 bits per heavy atom. The lowest BCUT2D eigenvalue weighted by Crippen LogP contribution is -2.01. The Morgan fingerprint density at radius 1 is 1.33 bits per heavy atom. The fraction of sp³-hybridized carbons (Fsp3) is 0.357. The molecule has 1 aromatic carbocycles. The molecule has 2 aromatic rings. The number of hydrogen-bond donors (Lipinski definition) is 1. The van der Waals surface area contributed by atoms with Crippen LogP contribution in [0, 0.1) is 13.8 Å². The lowest BCUT2D eigenvalue weighted by atomic mass is 10.1. The first-order valence-electron chi connectivity index (χ1n) is 5.90. The van der Waals surface area contributed by atoms with Gasteiger partial charge >= 0.3 is 0 Å². The van der Waals surface area contributed by atoms with Crippen molar-refractivity contribution in [1.82, 2.24) is 5.16 Å². The summed E-state index contributed by atoms with van der Waals surface area (Å²) < 4.78 is 10.6. The summed E-state index contributed by atoms with van der Waals surface area (Å²) in [6.07, 6.45) is -0.557. The predicted octanol–water partition coefficient (Wildman–Crippen LogP) is 2.92. The summed E-state index contributed by atoms with van der Waals surface area (Å²) in [5.74, 6) is 1.43. The molecule has 0 aliphatic carbocycles. The van der Waals surface area contributed by atoms with Crippen molar-refractivity contribution in [1.29, 1.82) is 0 Å². The van der Waals surface area contributed by atoms with E-state index in [9.17, 15) is 5.11 Å². The first-order valence-corrected chi connectivity index (χ1v) is 5.90. The van der Waals surface area contributed by atoms with Crippen molar-refractivity contribution in [2.45, 2.75) is 33.5 Å². The number of aromatic nitrogens is 1. The molecule has 0 bridgehead atoms. The van der Waals surface area contributed by atoms with Gasteiger partial charge in [-0.25, -0.2) is 0 Å². The summed E-state index contributed by atoms with van der Waals surface area (Å²) in [6, 6.07) is 7.57. The molecule has 0 unspecified atom stereocenters. The highest BCUT2D eigenvalue weighted by molar-refractivity contribution is 5.38. The highest BCUT2D eigenvalue weighted by atomic mass is 16.5. The number of aliphatic hydroxyl groups excluding tert-OH is 1. The smallest absolute Gasteiger partial charge is 0.134 e. The highest BCUT2D eigenvalue weighted by Gasteiger charge is 2.10. The van der Waals surface area contributed by atoms with E-state index in [4.69, 9.17) is 9.26 Å². The van der Waals surface area contributed by atoms with Crippen LogP contribution in [0.4, 0.5) is 0 Å². The average Bonchev–Trinajstić information content (AvgIpc) is 2.73. The van der Waals surface area contributed by atoms with Crippen LogP contribution >= 0.6 is 0 Å². The number of benzene rings is 1. The fourth-order valence-electron chi connectivity index (χ4n) is 1.76. The molecule has 2 rings (SSSR count). The topological polar surface area (TPSA) is 55.5 Å². The monoisotopic (exact) mass is 247 g/mol. The lowest BCUT2D eigenvalue weighted by Gasteiger charge is -2.13. The van der Waals surface area contributed by atoms with E-state index in [1.54, 1.807) is 6.92 Å². The van der Waals surface area contributed by atoms with E-state index in [0.29, 0.717) is 12.4 Å². The number of aliphatic hydroxyl groups is 1. The molecule has 0 saturated carbocycles. The minimum absolute atomic E-state index is 0.333. The Balaban J connectivity index is 2.13. The minimum Gasteiger partial charge on any atom is -0.487 e. The molecule has 0 aliphatic rings. The van der Waals surface area contributed by atoms with Crippen molar-refractivity contribution in [2.75, 3.05) is 0 Å². The Bertz CT molecular complexity index is 532. The number of ether oxygens (including phenoxy) is 1. The van der Waals surface area contributed by atoms with Gasteiger partial charge in [0.25, 0.3) is 0 Å². The molecule has 4 heteroatoms. The maximum atomic E-state index is 9.72. The first-order chi connectivity index (χ1) is 8.56. The molecule has 0 radical (unpaired) electrons. The zero-order chi connectivity index (χ0) is 13.1. The van der Waals surface area contributed by atoms with Crippen molar-refractivity contribution in [2.24, 2.45) is 0 Å². The van der Waals surface area contributed by atoms with E-state index >= 15 is 0 Å². The minimum atomic E-state index is -0.557. The van der Waals surface area contributed by atoms with E-state index in [0.717, 1.165) is 22.6 Å². The van der Waals surface area contributed by atoms with Crippen molar-refractivity contribution >= 4 is 0 Å². The molecule has 1 N–H and O–H groups in total. The molecule has 0 fully saturated rings. The van der Waals surface area contributed by atoms with Crippen molar-refractivity contribution in [3.8, 4) is 5.75 Å². The van der Waals surface area contributed by atoms with Crippen LogP contribution in [-0.4, -0.2) is 10.3 Å². The molecule has 0 saturated heterocycles. The third-order valence-electron chi connectivity index (χ3n) is 2.67. The van der Waals surface area contributed by atoms with Crippen LogP contribution < -0.4 is 4.74 Å². The van der Waals surface area contributed by atoms with E-state index in [1.807, 2.05) is 38.1 Å². The van der Waals surface area contributed by atoms with E-state index in [2.05, 4.69) is 5.16 Å². The first kappa shape index (κ1) is 12.6. The predicted molar refractivity (Wildman–Crippen MR) is 67.4 cm³/mol. The Labute approximate surface area is 106 Å². The summed E-state index contributed by atoms with van der Waals surface area (Å²) >= 11 is 0. The van der Waals surface area contributed by atoms with Gasteiger partial charge in [-0.2, -0.15) is 0 Å². The van der Waals surface area contributed by atoms with Gasteiger partial charge in [-0.05, 0) is 32.9 Å². The molecule has 96 valence electrons. The molecular formula is C14H17NO3. The summed E-state index contributed by atoms with van der Waals surface area (Å²) in [5.41, 5.74) is 2.62. The van der Waals surface area contributed by atoms with Crippen LogP contribution in [0.1, 0.15) is 35.6 Å². The van der Waals surface area contributed by atoms with Gasteiger partial charge in [0, 0.05) is 11.6 Å². The summed E-state index contributed by atoms with van der Waals surface area (Å²) in [5, 5.41) is 13.6. The van der Waals surface area contributed by atoms with Crippen LogP contribution in [0.15, 0.2) is 28.8 Å². The van der Waals surface area contributed by atoms with Gasteiger partial charge < -0.3 is 14.4 Å². The largest absolute Gasteiger partial charge is 0.487 e. The Hall–Kier alpha value is -1.81. The standard InChI is InChI=1S/C14H17NO3/c1-9-4-5-14(13(6-9)11(3)16)17-8-12-7-10(2)18-15-12/h4-7,11,16H,8H2,1-3H3/t11-/m1/s1. The molecule has 18 heavy (non-hydrogen) atoms. The third-order valence-corrected chi connectivity index (χ3v) is 2.67. The molecule has 1 aromatic heterocycles. The Morgan fingerprint density at radius 3 is 2.72 bits per heavy atom. The molecular weight excluding hydrogens is 230 g/mol. The quantitative estimate of drug-likeness (QED) is 0.902. The average molecular weight is 247 g/mol. The van der Waals surface area contributed by atoms with Gasteiger partial charge in [0.15, 0.2) is 0 Å². The number of rotatable bonds is 4. The maximum absolute atomic E-state index is 9.72. The summed E-state index contributed by atoms with van der Waals surface area (Å²) in [4.78, 5) is 0. The van der Waals surface area contributed by atoms with Crippen LogP contribution in [0.25, 0.3) is 0 Å². The van der Waals surface area contributed by atoms with Gasteiger partial charge in [0.1, 0.15) is 23.8 Å². The maximum Gasteiger partial charge on any atom is 0.134 e. The van der Waals surface area contributed by atoms with E-state index in [1.165, 1.54) is 0 Å². The van der Waals surface area contributed by atoms with E-state index in [-0.39, 0.29) is 0 Å². The normalized spacial score (nSPS) is 12.4. The van der Waals surface area contributed by atoms with Crippen LogP contribution in [-0.2, 0) is 6.61 Å². The van der Waals surface area contributed by atoms with Crippen molar-refractivity contribution < 1.29 is 14.4 Å². The van der Waals surface area contributed by atoms with Crippen molar-refractivity contribution in [3.63, 3.8) is 0 Å². The van der Waals surface area contributed by atoms with Crippen LogP contribution in [0.2, 0.25) is 0 Å². The zero-order valence-electron chi connectivity index (χ0n) is 10.8. The van der Waals surface area contributed by atoms with Crippen molar-refractivity contribution in [3.05, 3.63) is 46.8 Å². The zero-order valence-corrected chi connectivity index (χ0v) is 10.8. The summed E-state index contributed by atoms with van der Waals surface area (Å²) in [6.45, 7) is 5.88. The van der Waals surface area contributed by atoms with Gasteiger partial charge in [-0.15, -0.1) is 0 Å². The fourth-order valence-corrected chi connectivity index (χ4v) is 1.76. The molecule has 0 spiro atoms. The second-order valence-electron chi connectivity index (χ2n) is 4.43. The van der Waals surface area contributed by atoms with Crippen LogP contribution in [0.3, 0.4) is 0 Å². The second kappa shape index (κ2) is 5.23. The highest BCUT2D eigenvalue weighted by Crippen LogP contribution is 2.26. The van der Waals surface area contributed by atoms with E-state index < -0.39 is 6.10 Å². The summed E-state index contributed by atoms with van der Waals surface area (Å²) in [7, 11) is 0. The number of hydrogen-bond acceptors (Lipinski definition) is 4. The van der Waals surface area contributed by atoms with Gasteiger partial charge in [0.05, 0.1) is 6.10 Å². The van der Waals surface area contributed by atoms with Gasteiger partial charge in [0.2, 0.25) is 0 Å². The lowest BCUT2D eigenvalue weighted by molar-refractivity contribution is 0.189. The van der Waals surface area contributed by atoms with Gasteiger partial charge in [-0.3, -0.25) is 0 Å². The molecule has 4 nitrogen and oxygen atoms in total. The molecule has 1 heterocycles. The number of aryl methyl sites for hydroxylation is 2. The van der Waals surface area contributed by atoms with Crippen LogP contribution in [0.5, 0.6) is 5.75 Å². The molecule has 0 aliphatic heterocycles. The third kappa shape index (κ3) is 2.90. The SMILES string of the molecule is Cc1ccc(OCc2cc(C)on2)c([C@@H](C)O)c1. The number of nitrogens with zero attached hydrogens (tertiary/aromatic N) is 1. The Kier molecular flexibility index (Phi) is 3.67. The molecule has 1 atom stereocenters. The second-order valence-corrected chi connectivity index (χ2v) is 4.43. The molecule has 0 amide bonds.